The molecule has 0 bridgehead atoms. The van der Waals surface area contributed by atoms with Crippen molar-refractivity contribution in [1.29, 1.82) is 0 Å². The molecule has 0 aliphatic carbocycles. The van der Waals surface area contributed by atoms with Crippen LogP contribution in [0.2, 0.25) is 18.1 Å². The lowest BCUT2D eigenvalue weighted by atomic mass is 10.0. The van der Waals surface area contributed by atoms with Crippen LogP contribution >= 0.6 is 0 Å². The average molecular weight is 468 g/mol. The number of hydrogen-bond acceptors (Lipinski definition) is 4. The van der Waals surface area contributed by atoms with Crippen molar-refractivity contribution in [2.24, 2.45) is 4.99 Å². The summed E-state index contributed by atoms with van der Waals surface area (Å²) in [6, 6.07) is 19.4. The number of carbonyl (C=O) groups is 1. The summed E-state index contributed by atoms with van der Waals surface area (Å²) in [5, 5.41) is 0.156. The molecule has 0 aliphatic heterocycles. The van der Waals surface area contributed by atoms with Crippen molar-refractivity contribution < 1.29 is 14.0 Å². The van der Waals surface area contributed by atoms with E-state index in [9.17, 15) is 4.79 Å². The van der Waals surface area contributed by atoms with E-state index in [-0.39, 0.29) is 11.0 Å². The molecule has 0 radical (unpaired) electrons. The summed E-state index contributed by atoms with van der Waals surface area (Å²) < 4.78 is 12.1. The van der Waals surface area contributed by atoms with E-state index in [0.717, 1.165) is 23.3 Å². The second kappa shape index (κ2) is 11.3. The van der Waals surface area contributed by atoms with E-state index in [1.807, 2.05) is 81.4 Å². The number of aliphatic imine (C=N–C) groups is 1. The Morgan fingerprint density at radius 3 is 1.79 bits per heavy atom. The first-order valence-electron chi connectivity index (χ1n) is 11.9. The molecule has 1 unspecified atom stereocenters. The van der Waals surface area contributed by atoms with Crippen molar-refractivity contribution in [2.45, 2.75) is 84.2 Å². The lowest BCUT2D eigenvalue weighted by molar-refractivity contribution is -0.156. The molecule has 1 atom stereocenters. The van der Waals surface area contributed by atoms with Crippen LogP contribution in [0, 0.1) is 0 Å². The second-order valence-corrected chi connectivity index (χ2v) is 15.8. The number of benzene rings is 2. The van der Waals surface area contributed by atoms with E-state index in [1.54, 1.807) is 0 Å². The Morgan fingerprint density at radius 1 is 0.879 bits per heavy atom. The van der Waals surface area contributed by atoms with Gasteiger partial charge in [-0.1, -0.05) is 81.4 Å². The lowest BCUT2D eigenvalue weighted by Crippen LogP contribution is -2.41. The third kappa shape index (κ3) is 8.56. The van der Waals surface area contributed by atoms with Crippen LogP contribution in [-0.4, -0.2) is 38.2 Å². The maximum Gasteiger partial charge on any atom is 0.331 e. The highest BCUT2D eigenvalue weighted by Crippen LogP contribution is 2.36. The third-order valence-corrected chi connectivity index (χ3v) is 10.5. The Bertz CT molecular complexity index is 868. The summed E-state index contributed by atoms with van der Waals surface area (Å²) in [4.78, 5) is 18.1. The first-order valence-corrected chi connectivity index (χ1v) is 14.8. The molecule has 0 spiro atoms. The van der Waals surface area contributed by atoms with E-state index in [0.29, 0.717) is 13.0 Å². The minimum atomic E-state index is -1.83. The number of nitrogens with zero attached hydrogens (tertiary/aromatic N) is 1. The van der Waals surface area contributed by atoms with E-state index in [1.165, 1.54) is 0 Å². The van der Waals surface area contributed by atoms with Crippen LogP contribution in [0.3, 0.4) is 0 Å². The van der Waals surface area contributed by atoms with Crippen LogP contribution in [0.25, 0.3) is 0 Å². The molecule has 2 aromatic carbocycles. The highest BCUT2D eigenvalue weighted by atomic mass is 28.4. The highest BCUT2D eigenvalue weighted by molar-refractivity contribution is 6.74. The highest BCUT2D eigenvalue weighted by Gasteiger charge is 2.37. The average Bonchev–Trinajstić information content (AvgIpc) is 2.72. The van der Waals surface area contributed by atoms with E-state index in [4.69, 9.17) is 14.2 Å². The molecule has 0 aromatic heterocycles. The number of carbonyl (C=O) groups excluding carboxylic acids is 1. The van der Waals surface area contributed by atoms with Gasteiger partial charge in [0.2, 0.25) is 0 Å². The van der Waals surface area contributed by atoms with Crippen molar-refractivity contribution in [3.8, 4) is 0 Å². The minimum Gasteiger partial charge on any atom is -0.458 e. The fraction of sp³-hybridized carbons (Fsp3) is 0.500. The standard InChI is InChI=1S/C28H41NO3Si/c1-27(2,3)32-26(30)24(20-15-21-31-33(7,8)28(4,5)6)29-25(22-16-11-9-12-17-22)23-18-13-10-14-19-23/h9-14,16-19,24H,15,20-21H2,1-8H3. The maximum absolute atomic E-state index is 13.1. The molecule has 0 aliphatic rings. The molecular formula is C28H41NO3Si. The molecule has 0 saturated heterocycles. The second-order valence-electron chi connectivity index (χ2n) is 11.0. The van der Waals surface area contributed by atoms with Crippen molar-refractivity contribution in [2.75, 3.05) is 6.61 Å². The number of esters is 1. The Hall–Kier alpha value is -2.24. The molecule has 0 heterocycles. The van der Waals surface area contributed by atoms with Gasteiger partial charge in [0.25, 0.3) is 0 Å². The van der Waals surface area contributed by atoms with Crippen LogP contribution in [0.1, 0.15) is 65.5 Å². The van der Waals surface area contributed by atoms with Crippen molar-refractivity contribution in [1.82, 2.24) is 0 Å². The zero-order valence-corrected chi connectivity index (χ0v) is 22.6. The quantitative estimate of drug-likeness (QED) is 0.172. The summed E-state index contributed by atoms with van der Waals surface area (Å²) in [7, 11) is -1.83. The van der Waals surface area contributed by atoms with Gasteiger partial charge in [-0.15, -0.1) is 0 Å². The van der Waals surface area contributed by atoms with Gasteiger partial charge >= 0.3 is 5.97 Å². The monoisotopic (exact) mass is 467 g/mol. The lowest BCUT2D eigenvalue weighted by Gasteiger charge is -2.36. The van der Waals surface area contributed by atoms with Gasteiger partial charge in [-0.3, -0.25) is 4.99 Å². The topological polar surface area (TPSA) is 47.9 Å². The summed E-state index contributed by atoms with van der Waals surface area (Å²) in [6.07, 6.45) is 1.32. The SMILES string of the molecule is CC(C)(C)OC(=O)C(CCCO[Si](C)(C)C(C)(C)C)N=C(c1ccccc1)c1ccccc1. The van der Waals surface area contributed by atoms with E-state index in [2.05, 4.69) is 33.9 Å². The van der Waals surface area contributed by atoms with E-state index < -0.39 is 20.0 Å². The zero-order chi connectivity index (χ0) is 24.7. The van der Waals surface area contributed by atoms with Crippen LogP contribution in [0.15, 0.2) is 65.7 Å². The molecule has 5 heteroatoms. The molecule has 180 valence electrons. The van der Waals surface area contributed by atoms with Gasteiger partial charge in [0.1, 0.15) is 11.6 Å². The molecule has 0 amide bonds. The summed E-state index contributed by atoms with van der Waals surface area (Å²) in [5.74, 6) is -0.292. The Labute approximate surface area is 201 Å². The number of ether oxygens (including phenoxy) is 1. The van der Waals surface area contributed by atoms with Crippen LogP contribution in [0.5, 0.6) is 0 Å². The molecule has 0 N–H and O–H groups in total. The molecule has 2 aromatic rings. The van der Waals surface area contributed by atoms with Gasteiger partial charge in [0.15, 0.2) is 8.32 Å². The van der Waals surface area contributed by atoms with Gasteiger partial charge in [-0.05, 0) is 51.7 Å². The fourth-order valence-corrected chi connectivity index (χ4v) is 4.18. The predicted octanol–water partition coefficient (Wildman–Crippen LogP) is 7.04. The Morgan fingerprint density at radius 2 is 1.36 bits per heavy atom. The number of rotatable bonds is 9. The van der Waals surface area contributed by atoms with Crippen LogP contribution < -0.4 is 0 Å². The predicted molar refractivity (Wildman–Crippen MR) is 141 cm³/mol. The van der Waals surface area contributed by atoms with Crippen molar-refractivity contribution >= 4 is 20.0 Å². The molecule has 33 heavy (non-hydrogen) atoms. The summed E-state index contributed by atoms with van der Waals surface area (Å²) in [5.41, 5.74) is 2.20. The van der Waals surface area contributed by atoms with Gasteiger partial charge in [-0.2, -0.15) is 0 Å². The van der Waals surface area contributed by atoms with Gasteiger partial charge < -0.3 is 9.16 Å². The normalized spacial score (nSPS) is 13.3. The Balaban J connectivity index is 2.31. The molecular weight excluding hydrogens is 426 g/mol. The first kappa shape index (κ1) is 27.0. The third-order valence-electron chi connectivity index (χ3n) is 5.95. The maximum atomic E-state index is 13.1. The molecule has 0 fully saturated rings. The van der Waals surface area contributed by atoms with Gasteiger partial charge in [0, 0.05) is 17.7 Å². The fourth-order valence-electron chi connectivity index (χ4n) is 3.09. The van der Waals surface area contributed by atoms with Gasteiger partial charge in [0.05, 0.1) is 5.71 Å². The Kier molecular flexibility index (Phi) is 9.21. The van der Waals surface area contributed by atoms with Crippen LogP contribution in [-0.2, 0) is 14.0 Å². The van der Waals surface area contributed by atoms with Gasteiger partial charge in [-0.25, -0.2) is 4.79 Å². The molecule has 4 nitrogen and oxygen atoms in total. The molecule has 2 rings (SSSR count). The smallest absolute Gasteiger partial charge is 0.331 e. The largest absolute Gasteiger partial charge is 0.458 e. The van der Waals surface area contributed by atoms with Crippen molar-refractivity contribution in [3.05, 3.63) is 71.8 Å². The minimum absolute atomic E-state index is 0.156. The summed E-state index contributed by atoms with van der Waals surface area (Å²) in [6.45, 7) is 17.5. The van der Waals surface area contributed by atoms with E-state index >= 15 is 0 Å². The summed E-state index contributed by atoms with van der Waals surface area (Å²) >= 11 is 0. The van der Waals surface area contributed by atoms with Crippen molar-refractivity contribution in [3.63, 3.8) is 0 Å². The first-order chi connectivity index (χ1) is 15.3. The zero-order valence-electron chi connectivity index (χ0n) is 21.6. The van der Waals surface area contributed by atoms with Crippen LogP contribution in [0.4, 0.5) is 0 Å². The number of hydrogen-bond donors (Lipinski definition) is 0. The molecule has 0 saturated carbocycles.